The van der Waals surface area contributed by atoms with Crippen molar-refractivity contribution in [2.45, 2.75) is 46.6 Å². The van der Waals surface area contributed by atoms with E-state index in [4.69, 9.17) is 9.47 Å². The van der Waals surface area contributed by atoms with E-state index in [9.17, 15) is 4.79 Å². The standard InChI is InChI=1S/C16H24O3/c1-5-13-7-8-14(12(3)4)9-15(13)10-18-11-16(17)19-6-2/h7-9,12H,5-6,10-11H2,1-4H3. The summed E-state index contributed by atoms with van der Waals surface area (Å²) in [5.74, 6) is 0.190. The zero-order valence-electron chi connectivity index (χ0n) is 12.4. The van der Waals surface area contributed by atoms with Gasteiger partial charge in [-0.3, -0.25) is 0 Å². The van der Waals surface area contributed by atoms with Gasteiger partial charge >= 0.3 is 5.97 Å². The van der Waals surface area contributed by atoms with E-state index in [-0.39, 0.29) is 12.6 Å². The lowest BCUT2D eigenvalue weighted by atomic mass is 9.96. The van der Waals surface area contributed by atoms with E-state index in [0.717, 1.165) is 12.0 Å². The highest BCUT2D eigenvalue weighted by molar-refractivity contribution is 5.70. The highest BCUT2D eigenvalue weighted by Gasteiger charge is 2.07. The number of benzene rings is 1. The molecule has 3 nitrogen and oxygen atoms in total. The molecule has 1 rings (SSSR count). The number of hydrogen-bond acceptors (Lipinski definition) is 3. The van der Waals surface area contributed by atoms with Crippen molar-refractivity contribution in [2.75, 3.05) is 13.2 Å². The van der Waals surface area contributed by atoms with Crippen LogP contribution in [-0.4, -0.2) is 19.2 Å². The fourth-order valence-corrected chi connectivity index (χ4v) is 1.93. The van der Waals surface area contributed by atoms with E-state index in [0.29, 0.717) is 19.1 Å². The van der Waals surface area contributed by atoms with Crippen molar-refractivity contribution in [2.24, 2.45) is 0 Å². The highest BCUT2D eigenvalue weighted by atomic mass is 16.6. The van der Waals surface area contributed by atoms with Gasteiger partial charge in [-0.2, -0.15) is 0 Å². The fraction of sp³-hybridized carbons (Fsp3) is 0.562. The Morgan fingerprint density at radius 2 is 1.95 bits per heavy atom. The molecule has 0 heterocycles. The molecule has 0 saturated carbocycles. The predicted molar refractivity (Wildman–Crippen MR) is 76.2 cm³/mol. The predicted octanol–water partition coefficient (Wildman–Crippen LogP) is 3.45. The van der Waals surface area contributed by atoms with Crippen molar-refractivity contribution >= 4 is 5.97 Å². The van der Waals surface area contributed by atoms with E-state index >= 15 is 0 Å². The number of carbonyl (C=O) groups is 1. The number of esters is 1. The summed E-state index contributed by atoms with van der Waals surface area (Å²) in [7, 11) is 0. The first kappa shape index (κ1) is 15.7. The van der Waals surface area contributed by atoms with Crippen molar-refractivity contribution in [1.29, 1.82) is 0 Å². The quantitative estimate of drug-likeness (QED) is 0.708. The van der Waals surface area contributed by atoms with Gasteiger partial charge in [0.2, 0.25) is 0 Å². The summed E-state index contributed by atoms with van der Waals surface area (Å²) in [5.41, 5.74) is 3.73. The molecule has 0 atom stereocenters. The smallest absolute Gasteiger partial charge is 0.332 e. The average Bonchev–Trinajstić information content (AvgIpc) is 2.38. The number of rotatable bonds is 7. The Morgan fingerprint density at radius 3 is 2.53 bits per heavy atom. The van der Waals surface area contributed by atoms with Crippen LogP contribution in [0.3, 0.4) is 0 Å². The zero-order valence-corrected chi connectivity index (χ0v) is 12.4. The molecule has 106 valence electrons. The third kappa shape index (κ3) is 5.03. The molecule has 3 heteroatoms. The second-order valence-electron chi connectivity index (χ2n) is 4.83. The van der Waals surface area contributed by atoms with Gasteiger partial charge in [-0.15, -0.1) is 0 Å². The fourth-order valence-electron chi connectivity index (χ4n) is 1.93. The molecular weight excluding hydrogens is 240 g/mol. The van der Waals surface area contributed by atoms with E-state index in [1.807, 2.05) is 0 Å². The lowest BCUT2D eigenvalue weighted by Gasteiger charge is -2.13. The van der Waals surface area contributed by atoms with Crippen LogP contribution in [0.5, 0.6) is 0 Å². The van der Waals surface area contributed by atoms with Gasteiger partial charge in [-0.25, -0.2) is 4.79 Å². The van der Waals surface area contributed by atoms with Crippen LogP contribution in [0.2, 0.25) is 0 Å². The molecule has 0 unspecified atom stereocenters. The third-order valence-electron chi connectivity index (χ3n) is 3.06. The molecule has 0 aromatic heterocycles. The topological polar surface area (TPSA) is 35.5 Å². The van der Waals surface area contributed by atoms with Gasteiger partial charge in [-0.05, 0) is 36.0 Å². The Labute approximate surface area is 115 Å². The number of hydrogen-bond donors (Lipinski definition) is 0. The molecule has 0 spiro atoms. The minimum Gasteiger partial charge on any atom is -0.464 e. The summed E-state index contributed by atoms with van der Waals surface area (Å²) >= 11 is 0. The largest absolute Gasteiger partial charge is 0.464 e. The summed E-state index contributed by atoms with van der Waals surface area (Å²) < 4.78 is 10.3. The van der Waals surface area contributed by atoms with Gasteiger partial charge < -0.3 is 9.47 Å². The Hall–Kier alpha value is -1.35. The number of ether oxygens (including phenoxy) is 2. The molecule has 1 aromatic carbocycles. The molecule has 0 aliphatic carbocycles. The van der Waals surface area contributed by atoms with Crippen molar-refractivity contribution < 1.29 is 14.3 Å². The summed E-state index contributed by atoms with van der Waals surface area (Å²) in [4.78, 5) is 11.2. The summed E-state index contributed by atoms with van der Waals surface area (Å²) in [6, 6.07) is 6.49. The molecule has 0 fully saturated rings. The van der Waals surface area contributed by atoms with E-state index in [1.54, 1.807) is 6.92 Å². The molecule has 0 aliphatic heterocycles. The molecular formula is C16H24O3. The van der Waals surface area contributed by atoms with Crippen molar-refractivity contribution in [3.05, 3.63) is 34.9 Å². The van der Waals surface area contributed by atoms with Crippen LogP contribution >= 0.6 is 0 Å². The van der Waals surface area contributed by atoms with Gasteiger partial charge in [0.15, 0.2) is 0 Å². The number of carbonyl (C=O) groups excluding carboxylic acids is 1. The second kappa shape index (κ2) is 7.95. The monoisotopic (exact) mass is 264 g/mol. The maximum atomic E-state index is 11.2. The Morgan fingerprint density at radius 1 is 1.21 bits per heavy atom. The van der Waals surface area contributed by atoms with Crippen LogP contribution in [0.4, 0.5) is 0 Å². The lowest BCUT2D eigenvalue weighted by Crippen LogP contribution is -2.12. The Balaban J connectivity index is 2.65. The van der Waals surface area contributed by atoms with Crippen LogP contribution in [0.25, 0.3) is 0 Å². The van der Waals surface area contributed by atoms with Gasteiger partial charge in [0.25, 0.3) is 0 Å². The molecule has 0 amide bonds. The second-order valence-corrected chi connectivity index (χ2v) is 4.83. The van der Waals surface area contributed by atoms with Gasteiger partial charge in [-0.1, -0.05) is 39.0 Å². The van der Waals surface area contributed by atoms with E-state index < -0.39 is 0 Å². The molecule has 1 aromatic rings. The molecule has 19 heavy (non-hydrogen) atoms. The first-order valence-electron chi connectivity index (χ1n) is 6.93. The minimum absolute atomic E-state index is 0.0168. The van der Waals surface area contributed by atoms with Gasteiger partial charge in [0, 0.05) is 0 Å². The SMILES string of the molecule is CCOC(=O)COCc1cc(C(C)C)ccc1CC. The van der Waals surface area contributed by atoms with Crippen LogP contribution in [0.1, 0.15) is 50.3 Å². The van der Waals surface area contributed by atoms with Crippen LogP contribution in [-0.2, 0) is 27.3 Å². The van der Waals surface area contributed by atoms with Crippen LogP contribution in [0.15, 0.2) is 18.2 Å². The van der Waals surface area contributed by atoms with Crippen molar-refractivity contribution in [3.63, 3.8) is 0 Å². The first-order valence-corrected chi connectivity index (χ1v) is 6.93. The maximum Gasteiger partial charge on any atom is 0.332 e. The maximum absolute atomic E-state index is 11.2. The summed E-state index contributed by atoms with van der Waals surface area (Å²) in [6.07, 6.45) is 0.969. The molecule has 0 aliphatic rings. The van der Waals surface area contributed by atoms with Gasteiger partial charge in [0.1, 0.15) is 6.61 Å². The summed E-state index contributed by atoms with van der Waals surface area (Å²) in [5, 5.41) is 0. The van der Waals surface area contributed by atoms with Crippen molar-refractivity contribution in [3.8, 4) is 0 Å². The van der Waals surface area contributed by atoms with Gasteiger partial charge in [0.05, 0.1) is 13.2 Å². The van der Waals surface area contributed by atoms with Crippen LogP contribution in [0, 0.1) is 0 Å². The Bertz CT molecular complexity index is 410. The molecule has 0 N–H and O–H groups in total. The lowest BCUT2D eigenvalue weighted by molar-refractivity contribution is -0.148. The zero-order chi connectivity index (χ0) is 14.3. The minimum atomic E-state index is -0.305. The van der Waals surface area contributed by atoms with E-state index in [2.05, 4.69) is 39.0 Å². The third-order valence-corrected chi connectivity index (χ3v) is 3.06. The number of aryl methyl sites for hydroxylation is 1. The molecule has 0 saturated heterocycles. The molecule has 0 radical (unpaired) electrons. The Kier molecular flexibility index (Phi) is 6.57. The van der Waals surface area contributed by atoms with Crippen LogP contribution < -0.4 is 0 Å². The summed E-state index contributed by atoms with van der Waals surface area (Å²) in [6.45, 7) is 9.13. The average molecular weight is 264 g/mol. The normalized spacial score (nSPS) is 10.8. The highest BCUT2D eigenvalue weighted by Crippen LogP contribution is 2.20. The first-order chi connectivity index (χ1) is 9.08. The van der Waals surface area contributed by atoms with E-state index in [1.165, 1.54) is 11.1 Å². The van der Waals surface area contributed by atoms with Crippen molar-refractivity contribution in [1.82, 2.24) is 0 Å². The molecule has 0 bridgehead atoms.